The van der Waals surface area contributed by atoms with Crippen LogP contribution in [0.2, 0.25) is 0 Å². The van der Waals surface area contributed by atoms with Gasteiger partial charge in [-0.25, -0.2) is 0 Å². The number of carbonyl (C=O) groups is 1. The molecule has 0 atom stereocenters. The Morgan fingerprint density at radius 1 is 1.50 bits per heavy atom. The topological polar surface area (TPSA) is 60.5 Å². The predicted molar refractivity (Wildman–Crippen MR) is 79.6 cm³/mol. The van der Waals surface area contributed by atoms with Gasteiger partial charge in [-0.3, -0.25) is 4.79 Å². The van der Waals surface area contributed by atoms with Gasteiger partial charge in [0.15, 0.2) is 0 Å². The minimum Gasteiger partial charge on any atom is -0.397 e. The predicted octanol–water partition coefficient (Wildman–Crippen LogP) is 1.90. The second-order valence-electron chi connectivity index (χ2n) is 5.15. The number of nitrogens with two attached hydrogens (primary N) is 1. The zero-order valence-electron chi connectivity index (χ0n) is 12.3. The zero-order chi connectivity index (χ0) is 14.5. The highest BCUT2D eigenvalue weighted by molar-refractivity contribution is 5.94. The highest BCUT2D eigenvalue weighted by Crippen LogP contribution is 2.17. The van der Waals surface area contributed by atoms with Crippen LogP contribution in [0, 0.1) is 0 Å². The summed E-state index contributed by atoms with van der Waals surface area (Å²) in [6, 6.07) is 1.77. The molecule has 0 saturated heterocycles. The quantitative estimate of drug-likeness (QED) is 0.836. The Morgan fingerprint density at radius 3 is 2.90 bits per heavy atom. The molecule has 110 valence electrons. The van der Waals surface area contributed by atoms with E-state index in [4.69, 9.17) is 10.5 Å². The van der Waals surface area contributed by atoms with E-state index in [0.29, 0.717) is 24.5 Å². The molecule has 1 aromatic heterocycles. The minimum absolute atomic E-state index is 0.0582. The number of aryl methyl sites for hydroxylation is 1. The summed E-state index contributed by atoms with van der Waals surface area (Å²) < 4.78 is 7.07. The van der Waals surface area contributed by atoms with Gasteiger partial charge in [-0.15, -0.1) is 0 Å². The SMILES string of the molecule is CCCn1cc(N)cc1C(=O)N1CC=C(COC)CC1. The van der Waals surface area contributed by atoms with E-state index in [2.05, 4.69) is 13.0 Å². The van der Waals surface area contributed by atoms with Crippen molar-refractivity contribution >= 4 is 11.6 Å². The Kier molecular flexibility index (Phi) is 4.84. The van der Waals surface area contributed by atoms with Gasteiger partial charge in [0.25, 0.3) is 5.91 Å². The highest BCUT2D eigenvalue weighted by atomic mass is 16.5. The smallest absolute Gasteiger partial charge is 0.270 e. The average Bonchev–Trinajstić information content (AvgIpc) is 2.81. The number of aromatic nitrogens is 1. The first kappa shape index (κ1) is 14.7. The molecule has 5 nitrogen and oxygen atoms in total. The number of ether oxygens (including phenoxy) is 1. The molecule has 0 aliphatic carbocycles. The Morgan fingerprint density at radius 2 is 2.30 bits per heavy atom. The normalized spacial score (nSPS) is 15.3. The van der Waals surface area contributed by atoms with Crippen LogP contribution in [0.5, 0.6) is 0 Å². The number of nitrogen functional groups attached to an aromatic ring is 1. The molecule has 1 aromatic rings. The first-order valence-corrected chi connectivity index (χ1v) is 7.07. The number of amides is 1. The standard InChI is InChI=1S/C15H23N3O2/c1-3-6-18-10-13(16)9-14(18)15(19)17-7-4-12(5-8-17)11-20-2/h4,9-10H,3,5-8,11,16H2,1-2H3. The van der Waals surface area contributed by atoms with Crippen LogP contribution in [0.25, 0.3) is 0 Å². The molecule has 0 saturated carbocycles. The lowest BCUT2D eigenvalue weighted by Crippen LogP contribution is -2.36. The number of rotatable bonds is 5. The molecule has 1 amide bonds. The number of nitrogens with zero attached hydrogens (tertiary/aromatic N) is 2. The van der Waals surface area contributed by atoms with E-state index in [9.17, 15) is 4.79 Å². The number of hydrogen-bond acceptors (Lipinski definition) is 3. The zero-order valence-corrected chi connectivity index (χ0v) is 12.3. The molecule has 0 spiro atoms. The summed E-state index contributed by atoms with van der Waals surface area (Å²) in [7, 11) is 1.69. The molecule has 0 aromatic carbocycles. The second-order valence-corrected chi connectivity index (χ2v) is 5.15. The van der Waals surface area contributed by atoms with Gasteiger partial charge in [-0.1, -0.05) is 13.0 Å². The summed E-state index contributed by atoms with van der Waals surface area (Å²) in [6.07, 6.45) is 5.78. The maximum atomic E-state index is 12.6. The van der Waals surface area contributed by atoms with Crippen molar-refractivity contribution in [3.63, 3.8) is 0 Å². The maximum Gasteiger partial charge on any atom is 0.270 e. The molecule has 0 fully saturated rings. The van der Waals surface area contributed by atoms with E-state index in [1.54, 1.807) is 13.2 Å². The first-order chi connectivity index (χ1) is 9.65. The molecule has 0 unspecified atom stereocenters. The lowest BCUT2D eigenvalue weighted by Gasteiger charge is -2.26. The Bertz CT molecular complexity index is 505. The van der Waals surface area contributed by atoms with Crippen molar-refractivity contribution in [1.29, 1.82) is 0 Å². The van der Waals surface area contributed by atoms with Crippen LogP contribution in [0.3, 0.4) is 0 Å². The monoisotopic (exact) mass is 277 g/mol. The summed E-state index contributed by atoms with van der Waals surface area (Å²) >= 11 is 0. The average molecular weight is 277 g/mol. The lowest BCUT2D eigenvalue weighted by molar-refractivity contribution is 0.0754. The van der Waals surface area contributed by atoms with Crippen LogP contribution >= 0.6 is 0 Å². The van der Waals surface area contributed by atoms with Crippen LogP contribution in [0.4, 0.5) is 5.69 Å². The van der Waals surface area contributed by atoms with Crippen LogP contribution in [-0.2, 0) is 11.3 Å². The molecule has 5 heteroatoms. The summed E-state index contributed by atoms with van der Waals surface area (Å²) in [5.41, 5.74) is 8.42. The summed E-state index contributed by atoms with van der Waals surface area (Å²) in [5.74, 6) is 0.0582. The molecule has 0 bridgehead atoms. The summed E-state index contributed by atoms with van der Waals surface area (Å²) in [6.45, 7) is 4.95. The Labute approximate surface area is 120 Å². The molecule has 2 rings (SSSR count). The van der Waals surface area contributed by atoms with Crippen molar-refractivity contribution in [2.45, 2.75) is 26.3 Å². The van der Waals surface area contributed by atoms with Crippen molar-refractivity contribution < 1.29 is 9.53 Å². The minimum atomic E-state index is 0.0582. The van der Waals surface area contributed by atoms with E-state index >= 15 is 0 Å². The molecule has 2 heterocycles. The first-order valence-electron chi connectivity index (χ1n) is 7.07. The summed E-state index contributed by atoms with van der Waals surface area (Å²) in [4.78, 5) is 14.4. The number of hydrogen-bond donors (Lipinski definition) is 1. The third-order valence-electron chi connectivity index (χ3n) is 3.52. The Balaban J connectivity index is 2.09. The number of carbonyl (C=O) groups excluding carboxylic acids is 1. The fraction of sp³-hybridized carbons (Fsp3) is 0.533. The van der Waals surface area contributed by atoms with Gasteiger partial charge < -0.3 is 19.9 Å². The maximum absolute atomic E-state index is 12.6. The van der Waals surface area contributed by atoms with Gasteiger partial charge in [0.1, 0.15) is 5.69 Å². The van der Waals surface area contributed by atoms with Crippen molar-refractivity contribution in [2.24, 2.45) is 0 Å². The van der Waals surface area contributed by atoms with E-state index in [-0.39, 0.29) is 5.91 Å². The molecule has 1 aliphatic rings. The van der Waals surface area contributed by atoms with Crippen LogP contribution < -0.4 is 5.73 Å². The van der Waals surface area contributed by atoms with Gasteiger partial charge in [0, 0.05) is 32.9 Å². The van der Waals surface area contributed by atoms with E-state index in [1.165, 1.54) is 5.57 Å². The Hall–Kier alpha value is -1.75. The van der Waals surface area contributed by atoms with Crippen molar-refractivity contribution in [3.05, 3.63) is 29.6 Å². The van der Waals surface area contributed by atoms with E-state index < -0.39 is 0 Å². The largest absolute Gasteiger partial charge is 0.397 e. The van der Waals surface area contributed by atoms with Gasteiger partial charge in [0.2, 0.25) is 0 Å². The van der Waals surface area contributed by atoms with Crippen LogP contribution in [0.15, 0.2) is 23.9 Å². The van der Waals surface area contributed by atoms with Gasteiger partial charge >= 0.3 is 0 Å². The number of methoxy groups -OCH3 is 1. The van der Waals surface area contributed by atoms with Crippen molar-refractivity contribution in [2.75, 3.05) is 32.5 Å². The van der Waals surface area contributed by atoms with Gasteiger partial charge in [-0.2, -0.15) is 0 Å². The molecular formula is C15H23N3O2. The third-order valence-corrected chi connectivity index (χ3v) is 3.52. The molecular weight excluding hydrogens is 254 g/mol. The van der Waals surface area contributed by atoms with Crippen molar-refractivity contribution in [3.8, 4) is 0 Å². The van der Waals surface area contributed by atoms with Gasteiger partial charge in [-0.05, 0) is 24.5 Å². The van der Waals surface area contributed by atoms with Crippen LogP contribution in [0.1, 0.15) is 30.3 Å². The molecule has 20 heavy (non-hydrogen) atoms. The molecule has 1 aliphatic heterocycles. The summed E-state index contributed by atoms with van der Waals surface area (Å²) in [5, 5.41) is 0. The van der Waals surface area contributed by atoms with Crippen molar-refractivity contribution in [1.82, 2.24) is 9.47 Å². The van der Waals surface area contributed by atoms with E-state index in [1.807, 2.05) is 15.7 Å². The lowest BCUT2D eigenvalue weighted by atomic mass is 10.1. The third kappa shape index (κ3) is 3.22. The number of anilines is 1. The fourth-order valence-electron chi connectivity index (χ4n) is 2.51. The second kappa shape index (κ2) is 6.61. The highest BCUT2D eigenvalue weighted by Gasteiger charge is 2.21. The molecule has 0 radical (unpaired) electrons. The van der Waals surface area contributed by atoms with Crippen LogP contribution in [-0.4, -0.2) is 42.2 Å². The van der Waals surface area contributed by atoms with E-state index in [0.717, 1.165) is 25.9 Å². The fourth-order valence-corrected chi connectivity index (χ4v) is 2.51. The molecule has 2 N–H and O–H groups in total. The van der Waals surface area contributed by atoms with Gasteiger partial charge in [0.05, 0.1) is 12.3 Å².